The fourth-order valence-electron chi connectivity index (χ4n) is 4.14. The van der Waals surface area contributed by atoms with Crippen molar-refractivity contribution in [3.63, 3.8) is 0 Å². The minimum absolute atomic E-state index is 0.0409. The lowest BCUT2D eigenvalue weighted by molar-refractivity contribution is -0.125. The number of carbonyl (C=O) groups is 1. The number of carbonyl (C=O) groups excluding carboxylic acids is 1. The van der Waals surface area contributed by atoms with E-state index in [1.165, 1.54) is 0 Å². The number of amides is 1. The summed E-state index contributed by atoms with van der Waals surface area (Å²) >= 11 is 0. The predicted molar refractivity (Wildman–Crippen MR) is 132 cm³/mol. The first kappa shape index (κ1) is 21.6. The van der Waals surface area contributed by atoms with E-state index in [4.69, 9.17) is 0 Å². The molecule has 2 N–H and O–H groups in total. The van der Waals surface area contributed by atoms with Gasteiger partial charge in [0, 0.05) is 49.3 Å². The summed E-state index contributed by atoms with van der Waals surface area (Å²) in [6, 6.07) is 22.0. The number of nitrogens with zero attached hydrogens (tertiary/aromatic N) is 5. The van der Waals surface area contributed by atoms with E-state index in [0.29, 0.717) is 12.4 Å². The molecule has 4 aromatic rings. The Hall–Kier alpha value is -4.20. The van der Waals surface area contributed by atoms with Crippen LogP contribution in [-0.2, 0) is 11.3 Å². The molecule has 1 amide bonds. The van der Waals surface area contributed by atoms with Crippen molar-refractivity contribution in [3.05, 3.63) is 91.0 Å². The zero-order valence-electron chi connectivity index (χ0n) is 18.8. The molecule has 8 nitrogen and oxygen atoms in total. The van der Waals surface area contributed by atoms with Gasteiger partial charge in [-0.3, -0.25) is 4.79 Å². The molecule has 1 aliphatic heterocycles. The molecule has 172 valence electrons. The molecule has 0 bridgehead atoms. The zero-order valence-corrected chi connectivity index (χ0v) is 18.8. The van der Waals surface area contributed by atoms with Crippen LogP contribution in [0.1, 0.15) is 18.4 Å². The second-order valence-electron chi connectivity index (χ2n) is 8.38. The molecule has 8 heteroatoms. The van der Waals surface area contributed by atoms with E-state index < -0.39 is 0 Å². The van der Waals surface area contributed by atoms with Crippen LogP contribution in [0.25, 0.3) is 5.69 Å². The molecule has 2 aromatic carbocycles. The van der Waals surface area contributed by atoms with E-state index in [9.17, 15) is 4.79 Å². The summed E-state index contributed by atoms with van der Waals surface area (Å²) in [6.45, 7) is 2.16. The third kappa shape index (κ3) is 5.23. The number of rotatable bonds is 7. The van der Waals surface area contributed by atoms with Crippen LogP contribution >= 0.6 is 0 Å². The Labute approximate surface area is 198 Å². The number of piperidine rings is 1. The summed E-state index contributed by atoms with van der Waals surface area (Å²) in [5.74, 6) is 1.70. The van der Waals surface area contributed by atoms with Crippen LogP contribution in [0.2, 0.25) is 0 Å². The molecule has 0 saturated carbocycles. The van der Waals surface area contributed by atoms with E-state index in [1.807, 2.05) is 77.5 Å². The van der Waals surface area contributed by atoms with Gasteiger partial charge in [-0.1, -0.05) is 30.3 Å². The van der Waals surface area contributed by atoms with Gasteiger partial charge in [-0.2, -0.15) is 0 Å². The predicted octanol–water partition coefficient (Wildman–Crippen LogP) is 3.94. The summed E-state index contributed by atoms with van der Waals surface area (Å²) in [7, 11) is 0. The monoisotopic (exact) mass is 453 g/mol. The van der Waals surface area contributed by atoms with Crippen molar-refractivity contribution in [1.29, 1.82) is 0 Å². The number of benzene rings is 2. The van der Waals surface area contributed by atoms with Gasteiger partial charge >= 0.3 is 0 Å². The molecule has 1 aliphatic rings. The largest absolute Gasteiger partial charge is 0.355 e. The van der Waals surface area contributed by atoms with Crippen LogP contribution < -0.4 is 15.5 Å². The number of imidazole rings is 1. The van der Waals surface area contributed by atoms with Crippen molar-refractivity contribution >= 4 is 23.2 Å². The summed E-state index contributed by atoms with van der Waals surface area (Å²) in [5, 5.41) is 15.1. The van der Waals surface area contributed by atoms with Crippen molar-refractivity contribution < 1.29 is 4.79 Å². The highest BCUT2D eigenvalue weighted by Gasteiger charge is 2.25. The minimum atomic E-state index is 0.0409. The lowest BCUT2D eigenvalue weighted by Gasteiger charge is -2.31. The quantitative estimate of drug-likeness (QED) is 0.441. The highest BCUT2D eigenvalue weighted by atomic mass is 16.1. The van der Waals surface area contributed by atoms with Gasteiger partial charge in [-0.25, -0.2) is 4.98 Å². The molecule has 2 aromatic heterocycles. The van der Waals surface area contributed by atoms with Crippen LogP contribution in [0.3, 0.4) is 0 Å². The van der Waals surface area contributed by atoms with Crippen LogP contribution in [0.5, 0.6) is 0 Å². The van der Waals surface area contributed by atoms with Crippen molar-refractivity contribution in [2.75, 3.05) is 23.3 Å². The number of nitrogens with one attached hydrogen (secondary N) is 2. The van der Waals surface area contributed by atoms with E-state index in [0.717, 1.165) is 48.7 Å². The lowest BCUT2D eigenvalue weighted by atomic mass is 9.96. The molecule has 1 saturated heterocycles. The van der Waals surface area contributed by atoms with Crippen molar-refractivity contribution in [3.8, 4) is 5.69 Å². The van der Waals surface area contributed by atoms with E-state index >= 15 is 0 Å². The van der Waals surface area contributed by atoms with Crippen molar-refractivity contribution in [2.24, 2.45) is 5.92 Å². The summed E-state index contributed by atoms with van der Waals surface area (Å²) in [5.41, 5.74) is 3.10. The molecular formula is C26H27N7O. The van der Waals surface area contributed by atoms with Gasteiger partial charge in [-0.15, -0.1) is 10.2 Å². The molecule has 34 heavy (non-hydrogen) atoms. The smallest absolute Gasteiger partial charge is 0.223 e. The Kier molecular flexibility index (Phi) is 6.47. The van der Waals surface area contributed by atoms with Crippen LogP contribution in [0, 0.1) is 5.92 Å². The molecule has 0 spiro atoms. The average Bonchev–Trinajstić information content (AvgIpc) is 3.44. The minimum Gasteiger partial charge on any atom is -0.355 e. The molecule has 3 heterocycles. The van der Waals surface area contributed by atoms with Gasteiger partial charge in [-0.05, 0) is 54.8 Å². The summed E-state index contributed by atoms with van der Waals surface area (Å²) in [4.78, 5) is 18.8. The first-order valence-corrected chi connectivity index (χ1v) is 11.5. The highest BCUT2D eigenvalue weighted by Crippen LogP contribution is 2.23. The Bertz CT molecular complexity index is 1180. The SMILES string of the molecule is O=C(NCc1ccccc1)C1CCN(c2ccc(Nc3ccc(-n4ccnc4)cc3)nn2)CC1. The second-order valence-corrected chi connectivity index (χ2v) is 8.38. The van der Waals surface area contributed by atoms with Gasteiger partial charge in [0.2, 0.25) is 5.91 Å². The second kappa shape index (κ2) is 10.2. The summed E-state index contributed by atoms with van der Waals surface area (Å²) < 4.78 is 1.95. The Morgan fingerprint density at radius 3 is 2.41 bits per heavy atom. The molecule has 1 fully saturated rings. The Morgan fingerprint density at radius 1 is 0.941 bits per heavy atom. The maximum absolute atomic E-state index is 12.6. The van der Waals surface area contributed by atoms with E-state index in [2.05, 4.69) is 30.7 Å². The molecule has 5 rings (SSSR count). The lowest BCUT2D eigenvalue weighted by Crippen LogP contribution is -2.40. The third-order valence-electron chi connectivity index (χ3n) is 6.09. The highest BCUT2D eigenvalue weighted by molar-refractivity contribution is 5.79. The third-order valence-corrected chi connectivity index (χ3v) is 6.09. The molecule has 0 atom stereocenters. The van der Waals surface area contributed by atoms with Gasteiger partial charge in [0.25, 0.3) is 0 Å². The van der Waals surface area contributed by atoms with Gasteiger partial charge in [0.1, 0.15) is 0 Å². The van der Waals surface area contributed by atoms with Crippen LogP contribution in [0.4, 0.5) is 17.3 Å². The molecule has 0 aliphatic carbocycles. The number of anilines is 3. The Balaban J connectivity index is 1.11. The zero-order chi connectivity index (χ0) is 23.2. The normalized spacial score (nSPS) is 14.1. The van der Waals surface area contributed by atoms with Gasteiger partial charge in [0.15, 0.2) is 11.6 Å². The fraction of sp³-hybridized carbons (Fsp3) is 0.231. The first-order chi connectivity index (χ1) is 16.7. The van der Waals surface area contributed by atoms with E-state index in [1.54, 1.807) is 12.5 Å². The van der Waals surface area contributed by atoms with E-state index in [-0.39, 0.29) is 11.8 Å². The number of aromatic nitrogens is 4. The Morgan fingerprint density at radius 2 is 1.74 bits per heavy atom. The maximum atomic E-state index is 12.6. The maximum Gasteiger partial charge on any atom is 0.223 e. The fourth-order valence-corrected chi connectivity index (χ4v) is 4.14. The van der Waals surface area contributed by atoms with Crippen LogP contribution in [0.15, 0.2) is 85.5 Å². The van der Waals surface area contributed by atoms with Gasteiger partial charge < -0.3 is 20.1 Å². The number of hydrogen-bond donors (Lipinski definition) is 2. The van der Waals surface area contributed by atoms with Crippen molar-refractivity contribution in [1.82, 2.24) is 25.1 Å². The van der Waals surface area contributed by atoms with Crippen LogP contribution in [-0.4, -0.2) is 38.7 Å². The number of hydrogen-bond acceptors (Lipinski definition) is 6. The molecule has 0 unspecified atom stereocenters. The summed E-state index contributed by atoms with van der Waals surface area (Å²) in [6.07, 6.45) is 7.06. The first-order valence-electron chi connectivity index (χ1n) is 11.5. The van der Waals surface area contributed by atoms with Gasteiger partial charge in [0.05, 0.1) is 6.33 Å². The molecular weight excluding hydrogens is 426 g/mol. The topological polar surface area (TPSA) is 88.0 Å². The molecule has 0 radical (unpaired) electrons. The van der Waals surface area contributed by atoms with Crippen molar-refractivity contribution in [2.45, 2.75) is 19.4 Å². The average molecular weight is 454 g/mol. The standard InChI is InChI=1S/C26H27N7O/c34-26(28-18-20-4-2-1-3-5-20)21-12-15-32(16-13-21)25-11-10-24(30-31-25)29-22-6-8-23(9-7-22)33-17-14-27-19-33/h1-11,14,17,19,21H,12-13,15-16,18H2,(H,28,34)(H,29,30).